The number of carbonyl (C=O) groups is 1. The molecule has 0 aliphatic heterocycles. The molecule has 0 saturated heterocycles. The molecule has 1 saturated carbocycles. The number of hydrogen-bond acceptors (Lipinski definition) is 4. The predicted octanol–water partition coefficient (Wildman–Crippen LogP) is 1.55. The van der Waals surface area contributed by atoms with E-state index in [2.05, 4.69) is 9.97 Å². The summed E-state index contributed by atoms with van der Waals surface area (Å²) >= 11 is 1.67. The van der Waals surface area contributed by atoms with Crippen LogP contribution in [-0.4, -0.2) is 21.5 Å². The summed E-state index contributed by atoms with van der Waals surface area (Å²) in [4.78, 5) is 18.6. The zero-order chi connectivity index (χ0) is 9.10. The molecule has 0 bridgehead atoms. The Morgan fingerprint density at radius 3 is 2.69 bits per heavy atom. The van der Waals surface area contributed by atoms with Crippen LogP contribution < -0.4 is 0 Å². The van der Waals surface area contributed by atoms with Crippen LogP contribution in [0.1, 0.15) is 12.8 Å². The van der Waals surface area contributed by atoms with E-state index in [-0.39, 0.29) is 5.92 Å². The third-order valence-electron chi connectivity index (χ3n) is 2.14. The zero-order valence-corrected chi connectivity index (χ0v) is 7.91. The van der Waals surface area contributed by atoms with E-state index < -0.39 is 0 Å². The molecule has 1 aromatic rings. The van der Waals surface area contributed by atoms with E-state index in [0.29, 0.717) is 5.25 Å². The molecule has 68 valence electrons. The molecule has 1 fully saturated rings. The summed E-state index contributed by atoms with van der Waals surface area (Å²) in [5, 5.41) is 1.36. The molecule has 0 amide bonds. The Hall–Kier alpha value is -0.900. The van der Waals surface area contributed by atoms with Crippen LogP contribution >= 0.6 is 11.8 Å². The van der Waals surface area contributed by atoms with Crippen LogP contribution in [-0.2, 0) is 4.79 Å². The van der Waals surface area contributed by atoms with Gasteiger partial charge in [-0.05, 0) is 18.9 Å². The molecule has 0 N–H and O–H groups in total. The lowest BCUT2D eigenvalue weighted by molar-refractivity contribution is -0.112. The van der Waals surface area contributed by atoms with Gasteiger partial charge in [0, 0.05) is 23.6 Å². The maximum Gasteiger partial charge on any atom is 0.187 e. The summed E-state index contributed by atoms with van der Waals surface area (Å²) in [6, 6.07) is 1.80. The van der Waals surface area contributed by atoms with Crippen molar-refractivity contribution in [1.29, 1.82) is 0 Å². The van der Waals surface area contributed by atoms with E-state index in [0.717, 1.165) is 24.3 Å². The largest absolute Gasteiger partial charge is 0.303 e. The lowest BCUT2D eigenvalue weighted by Gasteiger charge is -2.29. The second kappa shape index (κ2) is 3.87. The van der Waals surface area contributed by atoms with Crippen molar-refractivity contribution in [2.45, 2.75) is 23.2 Å². The van der Waals surface area contributed by atoms with E-state index in [1.807, 2.05) is 0 Å². The predicted molar refractivity (Wildman–Crippen MR) is 50.5 cm³/mol. The highest BCUT2D eigenvalue weighted by molar-refractivity contribution is 7.99. The number of carbonyl (C=O) groups excluding carboxylic acids is 1. The smallest absolute Gasteiger partial charge is 0.187 e. The molecule has 4 heteroatoms. The van der Waals surface area contributed by atoms with Gasteiger partial charge in [0.25, 0.3) is 0 Å². The molecule has 2 rings (SSSR count). The van der Waals surface area contributed by atoms with Gasteiger partial charge in [0.1, 0.15) is 6.29 Å². The van der Waals surface area contributed by atoms with Crippen LogP contribution in [0.2, 0.25) is 0 Å². The first-order chi connectivity index (χ1) is 6.38. The number of nitrogens with zero attached hydrogens (tertiary/aromatic N) is 2. The van der Waals surface area contributed by atoms with E-state index in [9.17, 15) is 4.79 Å². The number of hydrogen-bond donors (Lipinski definition) is 0. The van der Waals surface area contributed by atoms with Gasteiger partial charge in [-0.15, -0.1) is 0 Å². The average molecular weight is 194 g/mol. The minimum atomic E-state index is 0.279. The normalized spacial score (nSPS) is 26.5. The third-order valence-corrected chi connectivity index (χ3v) is 3.28. The summed E-state index contributed by atoms with van der Waals surface area (Å²) in [6.07, 6.45) is 6.48. The molecule has 1 aliphatic carbocycles. The van der Waals surface area contributed by atoms with Gasteiger partial charge in [-0.3, -0.25) is 0 Å². The van der Waals surface area contributed by atoms with Crippen LogP contribution in [0.4, 0.5) is 0 Å². The quantitative estimate of drug-likeness (QED) is 0.541. The maximum atomic E-state index is 10.3. The molecule has 1 aromatic heterocycles. The van der Waals surface area contributed by atoms with E-state index in [1.54, 1.807) is 30.2 Å². The minimum Gasteiger partial charge on any atom is -0.303 e. The Balaban J connectivity index is 1.84. The third kappa shape index (κ3) is 2.06. The molecule has 1 heterocycles. The van der Waals surface area contributed by atoms with Crippen LogP contribution in [0.15, 0.2) is 23.6 Å². The molecule has 13 heavy (non-hydrogen) atoms. The first-order valence-electron chi connectivity index (χ1n) is 4.27. The highest BCUT2D eigenvalue weighted by Gasteiger charge is 2.29. The zero-order valence-electron chi connectivity index (χ0n) is 7.09. The number of thioether (sulfide) groups is 1. The van der Waals surface area contributed by atoms with Crippen molar-refractivity contribution in [1.82, 2.24) is 9.97 Å². The van der Waals surface area contributed by atoms with Crippen molar-refractivity contribution >= 4 is 18.0 Å². The van der Waals surface area contributed by atoms with Crippen molar-refractivity contribution in [3.05, 3.63) is 18.5 Å². The van der Waals surface area contributed by atoms with Gasteiger partial charge < -0.3 is 4.79 Å². The Labute approximate surface area is 81.0 Å². The molecule has 0 aromatic carbocycles. The number of aromatic nitrogens is 2. The maximum absolute atomic E-state index is 10.3. The standard InChI is InChI=1S/C9H10N2OS/c12-6-7-4-8(5-7)13-9-10-2-1-3-11-9/h1-3,6-8H,4-5H2/t7-,8-. The Morgan fingerprint density at radius 2 is 2.08 bits per heavy atom. The van der Waals surface area contributed by atoms with Gasteiger partial charge >= 0.3 is 0 Å². The van der Waals surface area contributed by atoms with Crippen LogP contribution in [0.5, 0.6) is 0 Å². The SMILES string of the molecule is O=C[C@H]1C[C@H](Sc2ncccn2)C1. The van der Waals surface area contributed by atoms with Crippen LogP contribution in [0, 0.1) is 5.92 Å². The van der Waals surface area contributed by atoms with Gasteiger partial charge in [0.05, 0.1) is 0 Å². The van der Waals surface area contributed by atoms with Crippen LogP contribution in [0.3, 0.4) is 0 Å². The van der Waals surface area contributed by atoms with E-state index >= 15 is 0 Å². The Morgan fingerprint density at radius 1 is 1.38 bits per heavy atom. The van der Waals surface area contributed by atoms with Gasteiger partial charge in [-0.2, -0.15) is 0 Å². The molecule has 0 atom stereocenters. The first-order valence-corrected chi connectivity index (χ1v) is 5.15. The summed E-state index contributed by atoms with van der Waals surface area (Å²) in [5.41, 5.74) is 0. The fraction of sp³-hybridized carbons (Fsp3) is 0.444. The molecular weight excluding hydrogens is 184 g/mol. The Kier molecular flexibility index (Phi) is 2.59. The fourth-order valence-electron chi connectivity index (χ4n) is 1.31. The highest BCUT2D eigenvalue weighted by Crippen LogP contribution is 2.37. The molecule has 0 radical (unpaired) electrons. The minimum absolute atomic E-state index is 0.279. The molecule has 3 nitrogen and oxygen atoms in total. The van der Waals surface area contributed by atoms with Gasteiger partial charge in [-0.25, -0.2) is 9.97 Å². The second-order valence-electron chi connectivity index (χ2n) is 3.14. The van der Waals surface area contributed by atoms with Crippen molar-refractivity contribution in [3.63, 3.8) is 0 Å². The first kappa shape index (κ1) is 8.69. The lowest BCUT2D eigenvalue weighted by Crippen LogP contribution is -2.26. The fourth-order valence-corrected chi connectivity index (χ4v) is 2.54. The monoisotopic (exact) mass is 194 g/mol. The second-order valence-corrected chi connectivity index (χ2v) is 4.41. The Bertz CT molecular complexity index is 285. The number of aldehydes is 1. The molecular formula is C9H10N2OS. The molecule has 1 aliphatic rings. The summed E-state index contributed by atoms with van der Waals surface area (Å²) in [7, 11) is 0. The topological polar surface area (TPSA) is 42.9 Å². The van der Waals surface area contributed by atoms with E-state index in [4.69, 9.17) is 0 Å². The summed E-state index contributed by atoms with van der Waals surface area (Å²) in [5.74, 6) is 0.279. The molecule has 0 unspecified atom stereocenters. The van der Waals surface area contributed by atoms with Gasteiger partial charge in [0.15, 0.2) is 5.16 Å². The van der Waals surface area contributed by atoms with Crippen molar-refractivity contribution < 1.29 is 4.79 Å². The molecule has 0 spiro atoms. The van der Waals surface area contributed by atoms with Crippen molar-refractivity contribution in [2.24, 2.45) is 5.92 Å². The highest BCUT2D eigenvalue weighted by atomic mass is 32.2. The van der Waals surface area contributed by atoms with Gasteiger partial charge in [-0.1, -0.05) is 11.8 Å². The van der Waals surface area contributed by atoms with Crippen molar-refractivity contribution in [2.75, 3.05) is 0 Å². The van der Waals surface area contributed by atoms with Gasteiger partial charge in [0.2, 0.25) is 0 Å². The summed E-state index contributed by atoms with van der Waals surface area (Å²) < 4.78 is 0. The van der Waals surface area contributed by atoms with Crippen molar-refractivity contribution in [3.8, 4) is 0 Å². The van der Waals surface area contributed by atoms with Crippen LogP contribution in [0.25, 0.3) is 0 Å². The number of rotatable bonds is 3. The lowest BCUT2D eigenvalue weighted by atomic mass is 9.86. The average Bonchev–Trinajstić information content (AvgIpc) is 2.12. The van der Waals surface area contributed by atoms with E-state index in [1.165, 1.54) is 0 Å². The summed E-state index contributed by atoms with van der Waals surface area (Å²) in [6.45, 7) is 0.